The summed E-state index contributed by atoms with van der Waals surface area (Å²) in [5.41, 5.74) is 0.275. The Morgan fingerprint density at radius 1 is 1.31 bits per heavy atom. The van der Waals surface area contributed by atoms with Gasteiger partial charge in [0.1, 0.15) is 11.6 Å². The predicted molar refractivity (Wildman–Crippen MR) is 113 cm³/mol. The van der Waals surface area contributed by atoms with Crippen LogP contribution >= 0.6 is 11.3 Å². The zero-order valence-corrected chi connectivity index (χ0v) is 18.7. The Morgan fingerprint density at radius 3 is 2.69 bits per heavy atom. The first kappa shape index (κ1) is 22.5. The van der Waals surface area contributed by atoms with Crippen LogP contribution in [0.15, 0.2) is 17.5 Å². The van der Waals surface area contributed by atoms with Crippen molar-refractivity contribution in [3.05, 3.63) is 34.0 Å². The predicted octanol–water partition coefficient (Wildman–Crippen LogP) is 3.60. The molecule has 4 rings (SSSR count). The molecule has 1 unspecified atom stereocenters. The highest BCUT2D eigenvalue weighted by Gasteiger charge is 2.34. The number of nitrogens with one attached hydrogen (secondary N) is 1. The van der Waals surface area contributed by atoms with E-state index >= 15 is 0 Å². The highest BCUT2D eigenvalue weighted by Crippen LogP contribution is 2.35. The van der Waals surface area contributed by atoms with Gasteiger partial charge in [0.15, 0.2) is 20.5 Å². The van der Waals surface area contributed by atoms with Crippen molar-refractivity contribution in [1.82, 2.24) is 14.5 Å². The van der Waals surface area contributed by atoms with E-state index in [2.05, 4.69) is 15.3 Å². The number of hydrogen-bond acceptors (Lipinski definition) is 7. The number of carbonyl (C=O) groups excluding carboxylic acids is 1. The summed E-state index contributed by atoms with van der Waals surface area (Å²) in [6.07, 6.45) is -3.37. The van der Waals surface area contributed by atoms with Gasteiger partial charge in [0.2, 0.25) is 0 Å². The number of carbonyl (C=O) groups is 1. The lowest BCUT2D eigenvalue weighted by atomic mass is 10.1. The summed E-state index contributed by atoms with van der Waals surface area (Å²) in [4.78, 5) is 20.4. The highest BCUT2D eigenvalue weighted by molar-refractivity contribution is 7.91. The van der Waals surface area contributed by atoms with Crippen molar-refractivity contribution < 1.29 is 31.1 Å². The van der Waals surface area contributed by atoms with E-state index < -0.39 is 27.6 Å². The number of nitrogens with zero attached hydrogens (tertiary/aromatic N) is 3. The zero-order chi connectivity index (χ0) is 23.3. The molecule has 8 nitrogen and oxygen atoms in total. The van der Waals surface area contributed by atoms with Crippen LogP contribution < -0.4 is 10.1 Å². The Morgan fingerprint density at radius 2 is 2.06 bits per heavy atom. The number of rotatable bonds is 4. The molecule has 32 heavy (non-hydrogen) atoms. The van der Waals surface area contributed by atoms with Crippen LogP contribution in [0.4, 0.5) is 18.9 Å². The van der Waals surface area contributed by atoms with Crippen molar-refractivity contribution in [2.24, 2.45) is 7.05 Å². The van der Waals surface area contributed by atoms with Gasteiger partial charge in [-0.2, -0.15) is 13.2 Å². The molecule has 1 fully saturated rings. The van der Waals surface area contributed by atoms with Crippen molar-refractivity contribution in [1.29, 1.82) is 0 Å². The monoisotopic (exact) mass is 488 g/mol. The largest absolute Gasteiger partial charge is 0.494 e. The summed E-state index contributed by atoms with van der Waals surface area (Å²) < 4.78 is 69.5. The van der Waals surface area contributed by atoms with E-state index in [1.54, 1.807) is 23.7 Å². The summed E-state index contributed by atoms with van der Waals surface area (Å²) in [7, 11) is 0.00756. The zero-order valence-electron chi connectivity index (χ0n) is 17.1. The van der Waals surface area contributed by atoms with E-state index in [0.29, 0.717) is 41.0 Å². The number of fused-ring (bicyclic) bond motifs is 1. The van der Waals surface area contributed by atoms with E-state index in [4.69, 9.17) is 4.74 Å². The van der Waals surface area contributed by atoms with Gasteiger partial charge >= 0.3 is 6.18 Å². The van der Waals surface area contributed by atoms with Gasteiger partial charge in [-0.25, -0.2) is 18.4 Å². The number of hydrogen-bond donors (Lipinski definition) is 1. The third-order valence-corrected chi connectivity index (χ3v) is 7.96. The number of aromatic nitrogens is 3. The maximum Gasteiger partial charge on any atom is 0.434 e. The summed E-state index contributed by atoms with van der Waals surface area (Å²) in [6.45, 7) is 0. The number of amides is 1. The number of anilines is 1. The molecule has 172 valence electrons. The first-order valence-corrected chi connectivity index (χ1v) is 12.3. The van der Waals surface area contributed by atoms with E-state index in [-0.39, 0.29) is 33.9 Å². The number of ether oxygens (including phenoxy) is 1. The molecule has 3 heterocycles. The molecule has 0 bridgehead atoms. The van der Waals surface area contributed by atoms with Gasteiger partial charge in [-0.1, -0.05) is 0 Å². The fourth-order valence-electron chi connectivity index (χ4n) is 3.78. The minimum Gasteiger partial charge on any atom is -0.494 e. The maximum absolute atomic E-state index is 12.8. The topological polar surface area (TPSA) is 103 Å². The Labute approximate surface area is 185 Å². The Kier molecular flexibility index (Phi) is 5.65. The first-order chi connectivity index (χ1) is 15.0. The molecular weight excluding hydrogens is 469 g/mol. The lowest BCUT2D eigenvalue weighted by Crippen LogP contribution is -2.25. The molecule has 1 saturated heterocycles. The fraction of sp³-hybridized carbons (Fsp3) is 0.421. The van der Waals surface area contributed by atoms with Crippen molar-refractivity contribution in [2.75, 3.05) is 23.9 Å². The Bertz CT molecular complexity index is 1300. The third-order valence-electron chi connectivity index (χ3n) is 5.30. The van der Waals surface area contributed by atoms with Gasteiger partial charge in [0, 0.05) is 24.4 Å². The lowest BCUT2D eigenvalue weighted by molar-refractivity contribution is -0.140. The summed E-state index contributed by atoms with van der Waals surface area (Å²) >= 11 is 0.588. The van der Waals surface area contributed by atoms with Crippen molar-refractivity contribution in [2.45, 2.75) is 24.9 Å². The van der Waals surface area contributed by atoms with Gasteiger partial charge < -0.3 is 14.6 Å². The van der Waals surface area contributed by atoms with Gasteiger partial charge in [0.25, 0.3) is 5.91 Å². The SMILES string of the molecule is COc1cc2nc(C3CCCS(=O)(=O)C3)n(C)c2cc1NC(=O)c1nc(C(F)(F)F)cs1. The second kappa shape index (κ2) is 8.03. The highest BCUT2D eigenvalue weighted by atomic mass is 32.2. The minimum atomic E-state index is -4.64. The van der Waals surface area contributed by atoms with Gasteiger partial charge in [0.05, 0.1) is 35.3 Å². The quantitative estimate of drug-likeness (QED) is 0.602. The molecule has 3 aromatic rings. The molecule has 0 radical (unpaired) electrons. The number of thiazole rings is 1. The molecule has 2 aromatic heterocycles. The average molecular weight is 489 g/mol. The van der Waals surface area contributed by atoms with E-state index in [1.807, 2.05) is 0 Å². The molecule has 0 saturated carbocycles. The normalized spacial score (nSPS) is 18.6. The van der Waals surface area contributed by atoms with Crippen molar-refractivity contribution in [3.8, 4) is 5.75 Å². The molecule has 0 spiro atoms. The number of sulfone groups is 1. The maximum atomic E-state index is 12.8. The van der Waals surface area contributed by atoms with Crippen LogP contribution in [0.2, 0.25) is 0 Å². The molecule has 1 N–H and O–H groups in total. The van der Waals surface area contributed by atoms with Gasteiger partial charge in [-0.05, 0) is 18.9 Å². The second-order valence-electron chi connectivity index (χ2n) is 7.51. The molecule has 1 aromatic carbocycles. The third kappa shape index (κ3) is 4.31. The van der Waals surface area contributed by atoms with Crippen LogP contribution in [0.25, 0.3) is 11.0 Å². The first-order valence-electron chi connectivity index (χ1n) is 9.57. The van der Waals surface area contributed by atoms with Crippen LogP contribution in [0, 0.1) is 0 Å². The van der Waals surface area contributed by atoms with Crippen LogP contribution in [0.1, 0.15) is 40.1 Å². The van der Waals surface area contributed by atoms with Crippen molar-refractivity contribution >= 4 is 43.8 Å². The van der Waals surface area contributed by atoms with Gasteiger partial charge in [-0.3, -0.25) is 4.79 Å². The van der Waals surface area contributed by atoms with Crippen molar-refractivity contribution in [3.63, 3.8) is 0 Å². The molecule has 1 aliphatic rings. The Hall–Kier alpha value is -2.67. The standard InChI is InChI=1S/C19H19F3N4O4S2/c1-26-13-6-12(24-17(27)18-25-15(8-31-18)19(20,21)22)14(30-2)7-11(13)23-16(26)10-4-3-5-32(28,29)9-10/h6-8,10H,3-5,9H2,1-2H3,(H,24,27). The summed E-state index contributed by atoms with van der Waals surface area (Å²) in [6, 6.07) is 3.19. The number of halogens is 3. The van der Waals surface area contributed by atoms with Gasteiger partial charge in [-0.15, -0.1) is 11.3 Å². The van der Waals surface area contributed by atoms with E-state index in [9.17, 15) is 26.4 Å². The molecule has 1 amide bonds. The molecule has 0 aliphatic carbocycles. The van der Waals surface area contributed by atoms with Crippen LogP contribution in [-0.2, 0) is 23.1 Å². The average Bonchev–Trinajstić information content (AvgIpc) is 3.32. The van der Waals surface area contributed by atoms with E-state index in [0.717, 1.165) is 5.38 Å². The van der Waals surface area contributed by atoms with E-state index in [1.165, 1.54) is 7.11 Å². The fourth-order valence-corrected chi connectivity index (χ4v) is 6.20. The number of aryl methyl sites for hydroxylation is 1. The number of alkyl halides is 3. The molecule has 13 heteroatoms. The van der Waals surface area contributed by atoms with Crippen LogP contribution in [-0.4, -0.2) is 47.5 Å². The summed E-state index contributed by atoms with van der Waals surface area (Å²) in [5, 5.41) is 2.99. The number of benzene rings is 1. The lowest BCUT2D eigenvalue weighted by Gasteiger charge is -2.21. The number of methoxy groups -OCH3 is 1. The molecule has 1 aliphatic heterocycles. The summed E-state index contributed by atoms with van der Waals surface area (Å²) in [5.74, 6) is 0.0268. The Balaban J connectivity index is 1.67. The molecule has 1 atom stereocenters. The minimum absolute atomic E-state index is 0.0243. The van der Waals surface area contributed by atoms with Crippen LogP contribution in [0.3, 0.4) is 0 Å². The number of imidazole rings is 1. The molecular formula is C19H19F3N4O4S2. The second-order valence-corrected chi connectivity index (χ2v) is 10.6. The van der Waals surface area contributed by atoms with Crippen LogP contribution in [0.5, 0.6) is 5.75 Å². The smallest absolute Gasteiger partial charge is 0.434 e.